The van der Waals surface area contributed by atoms with Crippen LogP contribution in [0.5, 0.6) is 0 Å². The summed E-state index contributed by atoms with van der Waals surface area (Å²) in [6.07, 6.45) is 2.08. The van der Waals surface area contributed by atoms with Gasteiger partial charge in [-0.3, -0.25) is 4.79 Å². The zero-order valence-corrected chi connectivity index (χ0v) is 7.82. The first-order valence-corrected chi connectivity index (χ1v) is 4.26. The molecule has 70 valence electrons. The molecule has 1 N–H and O–H groups in total. The number of amides is 1. The van der Waals surface area contributed by atoms with Crippen molar-refractivity contribution in [1.82, 2.24) is 10.2 Å². The number of hydrogen-bond donors (Lipinski definition) is 1. The highest BCUT2D eigenvalue weighted by Gasteiger charge is 2.05. The van der Waals surface area contributed by atoms with Crippen LogP contribution in [0.4, 0.5) is 5.82 Å². The number of carbonyl (C=O) groups excluding carboxylic acids is 1. The average Bonchev–Trinajstić information content (AvgIpc) is 2.04. The van der Waals surface area contributed by atoms with Gasteiger partial charge in [-0.05, 0) is 18.1 Å². The maximum absolute atomic E-state index is 11.2. The van der Waals surface area contributed by atoms with Crippen LogP contribution in [0.15, 0.2) is 18.3 Å². The van der Waals surface area contributed by atoms with Crippen LogP contribution in [0, 0.1) is 5.92 Å². The van der Waals surface area contributed by atoms with E-state index in [0.29, 0.717) is 18.2 Å². The third-order valence-corrected chi connectivity index (χ3v) is 1.43. The Labute approximate surface area is 77.4 Å². The zero-order valence-electron chi connectivity index (χ0n) is 7.82. The van der Waals surface area contributed by atoms with Crippen molar-refractivity contribution in [2.24, 2.45) is 5.92 Å². The molecule has 4 heteroatoms. The topological polar surface area (TPSA) is 54.9 Å². The van der Waals surface area contributed by atoms with Gasteiger partial charge >= 0.3 is 0 Å². The van der Waals surface area contributed by atoms with E-state index in [2.05, 4.69) is 15.5 Å². The van der Waals surface area contributed by atoms with E-state index in [0.717, 1.165) is 0 Å². The summed E-state index contributed by atoms with van der Waals surface area (Å²) in [4.78, 5) is 11.2. The van der Waals surface area contributed by atoms with Crippen molar-refractivity contribution in [3.05, 3.63) is 18.3 Å². The molecular formula is C9H13N3O. The Hall–Kier alpha value is -1.45. The Morgan fingerprint density at radius 2 is 2.38 bits per heavy atom. The first-order chi connectivity index (χ1) is 6.18. The maximum atomic E-state index is 11.2. The molecular weight excluding hydrogens is 166 g/mol. The summed E-state index contributed by atoms with van der Waals surface area (Å²) in [6.45, 7) is 3.99. The SMILES string of the molecule is CC(C)CC(=O)Nc1cccnn1. The number of carbonyl (C=O) groups is 1. The van der Waals surface area contributed by atoms with Crippen LogP contribution in [0.3, 0.4) is 0 Å². The summed E-state index contributed by atoms with van der Waals surface area (Å²) in [6, 6.07) is 3.45. The van der Waals surface area contributed by atoms with Gasteiger partial charge in [0.15, 0.2) is 5.82 Å². The Morgan fingerprint density at radius 3 is 2.92 bits per heavy atom. The quantitative estimate of drug-likeness (QED) is 0.764. The molecule has 1 heterocycles. The molecule has 0 saturated heterocycles. The normalized spacial score (nSPS) is 10.1. The lowest BCUT2D eigenvalue weighted by molar-refractivity contribution is -0.116. The third-order valence-electron chi connectivity index (χ3n) is 1.43. The van der Waals surface area contributed by atoms with Crippen LogP contribution in [-0.2, 0) is 4.79 Å². The summed E-state index contributed by atoms with van der Waals surface area (Å²) in [5.41, 5.74) is 0. The second kappa shape index (κ2) is 4.54. The summed E-state index contributed by atoms with van der Waals surface area (Å²) in [7, 11) is 0. The number of nitrogens with one attached hydrogen (secondary N) is 1. The van der Waals surface area contributed by atoms with Gasteiger partial charge in [-0.15, -0.1) is 5.10 Å². The second-order valence-electron chi connectivity index (χ2n) is 3.26. The van der Waals surface area contributed by atoms with E-state index in [1.165, 1.54) is 0 Å². The molecule has 0 aliphatic carbocycles. The standard InChI is InChI=1S/C9H13N3O/c1-7(2)6-9(13)11-8-4-3-5-10-12-8/h3-5,7H,6H2,1-2H3,(H,11,12,13). The first-order valence-electron chi connectivity index (χ1n) is 4.26. The van der Waals surface area contributed by atoms with Crippen molar-refractivity contribution >= 4 is 11.7 Å². The van der Waals surface area contributed by atoms with E-state index in [4.69, 9.17) is 0 Å². The minimum Gasteiger partial charge on any atom is -0.309 e. The Balaban J connectivity index is 2.46. The number of aromatic nitrogens is 2. The summed E-state index contributed by atoms with van der Waals surface area (Å²) < 4.78 is 0. The van der Waals surface area contributed by atoms with E-state index in [-0.39, 0.29) is 5.91 Å². The molecule has 0 bridgehead atoms. The van der Waals surface area contributed by atoms with Crippen LogP contribution >= 0.6 is 0 Å². The smallest absolute Gasteiger partial charge is 0.225 e. The molecule has 0 atom stereocenters. The molecule has 1 amide bonds. The van der Waals surface area contributed by atoms with Crippen molar-refractivity contribution in [3.8, 4) is 0 Å². The van der Waals surface area contributed by atoms with Gasteiger partial charge in [0.05, 0.1) is 0 Å². The summed E-state index contributed by atoms with van der Waals surface area (Å²) >= 11 is 0. The second-order valence-corrected chi connectivity index (χ2v) is 3.26. The molecule has 4 nitrogen and oxygen atoms in total. The van der Waals surface area contributed by atoms with Crippen molar-refractivity contribution in [2.75, 3.05) is 5.32 Å². The molecule has 1 aromatic heterocycles. The van der Waals surface area contributed by atoms with E-state index in [9.17, 15) is 4.79 Å². The molecule has 0 unspecified atom stereocenters. The van der Waals surface area contributed by atoms with E-state index >= 15 is 0 Å². The minimum atomic E-state index is -0.0181. The zero-order chi connectivity index (χ0) is 9.68. The lowest BCUT2D eigenvalue weighted by Gasteiger charge is -2.04. The fourth-order valence-corrected chi connectivity index (χ4v) is 0.933. The predicted octanol–water partition coefficient (Wildman–Crippen LogP) is 1.46. The van der Waals surface area contributed by atoms with Crippen molar-refractivity contribution in [2.45, 2.75) is 20.3 Å². The molecule has 0 aliphatic heterocycles. The predicted molar refractivity (Wildman–Crippen MR) is 50.1 cm³/mol. The molecule has 0 radical (unpaired) electrons. The average molecular weight is 179 g/mol. The molecule has 13 heavy (non-hydrogen) atoms. The molecule has 0 saturated carbocycles. The van der Waals surface area contributed by atoms with Gasteiger partial charge in [0, 0.05) is 12.6 Å². The van der Waals surface area contributed by atoms with E-state index < -0.39 is 0 Å². The fraction of sp³-hybridized carbons (Fsp3) is 0.444. The van der Waals surface area contributed by atoms with Gasteiger partial charge in [0.1, 0.15) is 0 Å². The highest BCUT2D eigenvalue weighted by atomic mass is 16.1. The molecule has 0 spiro atoms. The molecule has 0 aliphatic rings. The van der Waals surface area contributed by atoms with Gasteiger partial charge < -0.3 is 5.32 Å². The lowest BCUT2D eigenvalue weighted by Crippen LogP contribution is -2.14. The number of anilines is 1. The molecule has 1 rings (SSSR count). The number of nitrogens with zero attached hydrogens (tertiary/aromatic N) is 2. The maximum Gasteiger partial charge on any atom is 0.225 e. The van der Waals surface area contributed by atoms with Crippen LogP contribution < -0.4 is 5.32 Å². The van der Waals surface area contributed by atoms with Crippen molar-refractivity contribution in [1.29, 1.82) is 0 Å². The van der Waals surface area contributed by atoms with Gasteiger partial charge in [-0.2, -0.15) is 5.10 Å². The molecule has 1 aromatic rings. The lowest BCUT2D eigenvalue weighted by atomic mass is 10.1. The number of hydrogen-bond acceptors (Lipinski definition) is 3. The van der Waals surface area contributed by atoms with Crippen LogP contribution in [-0.4, -0.2) is 16.1 Å². The highest BCUT2D eigenvalue weighted by molar-refractivity contribution is 5.89. The Bertz CT molecular complexity index is 271. The Kier molecular flexibility index (Phi) is 3.37. The van der Waals surface area contributed by atoms with Crippen molar-refractivity contribution < 1.29 is 4.79 Å². The third kappa shape index (κ3) is 3.64. The minimum absolute atomic E-state index is 0.0181. The van der Waals surface area contributed by atoms with Gasteiger partial charge in [-0.25, -0.2) is 0 Å². The molecule has 0 fully saturated rings. The van der Waals surface area contributed by atoms with Gasteiger partial charge in [0.2, 0.25) is 5.91 Å². The highest BCUT2D eigenvalue weighted by Crippen LogP contribution is 2.03. The Morgan fingerprint density at radius 1 is 1.62 bits per heavy atom. The van der Waals surface area contributed by atoms with Crippen LogP contribution in [0.25, 0.3) is 0 Å². The van der Waals surface area contributed by atoms with E-state index in [1.807, 2.05) is 13.8 Å². The van der Waals surface area contributed by atoms with Gasteiger partial charge in [-0.1, -0.05) is 13.8 Å². The van der Waals surface area contributed by atoms with Crippen molar-refractivity contribution in [3.63, 3.8) is 0 Å². The monoisotopic (exact) mass is 179 g/mol. The van der Waals surface area contributed by atoms with Gasteiger partial charge in [0.25, 0.3) is 0 Å². The van der Waals surface area contributed by atoms with Crippen LogP contribution in [0.2, 0.25) is 0 Å². The first kappa shape index (κ1) is 9.64. The largest absolute Gasteiger partial charge is 0.309 e. The fourth-order valence-electron chi connectivity index (χ4n) is 0.933. The van der Waals surface area contributed by atoms with Crippen LogP contribution in [0.1, 0.15) is 20.3 Å². The summed E-state index contributed by atoms with van der Waals surface area (Å²) in [5.74, 6) is 0.848. The number of rotatable bonds is 3. The summed E-state index contributed by atoms with van der Waals surface area (Å²) in [5, 5.41) is 10.1. The van der Waals surface area contributed by atoms with E-state index in [1.54, 1.807) is 18.3 Å². The molecule has 0 aromatic carbocycles.